The standard InChI is InChI=1S/C10H21N3O.BrH/c1-3-10(2,14)8-13-9-11-6-4-5-7-12-9;/h14H,3-8H2,1-2H3,(H2,11,12,13);1H. The molecule has 3 N–H and O–H groups in total. The van der Waals surface area contributed by atoms with Crippen LogP contribution in [0, 0.1) is 0 Å². The van der Waals surface area contributed by atoms with Crippen LogP contribution in [0.3, 0.4) is 0 Å². The van der Waals surface area contributed by atoms with Gasteiger partial charge in [-0.05, 0) is 26.2 Å². The SMILES string of the molecule is Br.CCC(C)(O)CNC1=NCCCCN1. The van der Waals surface area contributed by atoms with Crippen LogP contribution in [0.5, 0.6) is 0 Å². The van der Waals surface area contributed by atoms with Gasteiger partial charge in [0.05, 0.1) is 5.60 Å². The van der Waals surface area contributed by atoms with E-state index in [1.54, 1.807) is 0 Å². The number of aliphatic imine (C=N–C) groups is 1. The number of aliphatic hydroxyl groups is 1. The van der Waals surface area contributed by atoms with Crippen molar-refractivity contribution < 1.29 is 5.11 Å². The Morgan fingerprint density at radius 2 is 2.27 bits per heavy atom. The number of hydrogen-bond acceptors (Lipinski definition) is 4. The van der Waals surface area contributed by atoms with Crippen LogP contribution < -0.4 is 10.6 Å². The van der Waals surface area contributed by atoms with Crippen LogP contribution in [0.1, 0.15) is 33.1 Å². The molecule has 0 aromatic heterocycles. The van der Waals surface area contributed by atoms with Gasteiger partial charge in [0.1, 0.15) is 0 Å². The van der Waals surface area contributed by atoms with Gasteiger partial charge in [0.15, 0.2) is 5.96 Å². The Morgan fingerprint density at radius 1 is 1.53 bits per heavy atom. The smallest absolute Gasteiger partial charge is 0.191 e. The third kappa shape index (κ3) is 5.99. The number of hydrogen-bond donors (Lipinski definition) is 3. The minimum absolute atomic E-state index is 0. The van der Waals surface area contributed by atoms with Crippen molar-refractivity contribution >= 4 is 22.9 Å². The van der Waals surface area contributed by atoms with Gasteiger partial charge in [0, 0.05) is 19.6 Å². The number of halogens is 1. The quantitative estimate of drug-likeness (QED) is 0.724. The highest BCUT2D eigenvalue weighted by atomic mass is 79.9. The average Bonchev–Trinajstić information content (AvgIpc) is 2.43. The molecule has 1 heterocycles. The minimum atomic E-state index is -0.642. The van der Waals surface area contributed by atoms with E-state index in [1.165, 1.54) is 6.42 Å². The molecule has 0 radical (unpaired) electrons. The molecule has 1 aliphatic rings. The number of guanidine groups is 1. The molecule has 0 aliphatic carbocycles. The first-order valence-electron chi connectivity index (χ1n) is 5.38. The summed E-state index contributed by atoms with van der Waals surface area (Å²) in [6.07, 6.45) is 3.05. The largest absolute Gasteiger partial charge is 0.388 e. The molecule has 0 saturated heterocycles. The summed E-state index contributed by atoms with van der Waals surface area (Å²) in [5, 5.41) is 16.1. The summed E-state index contributed by atoms with van der Waals surface area (Å²) in [5.41, 5.74) is -0.642. The van der Waals surface area contributed by atoms with Crippen molar-refractivity contribution in [3.05, 3.63) is 0 Å². The monoisotopic (exact) mass is 279 g/mol. The third-order valence-electron chi connectivity index (χ3n) is 2.55. The zero-order valence-corrected chi connectivity index (χ0v) is 11.3. The van der Waals surface area contributed by atoms with Crippen molar-refractivity contribution in [1.82, 2.24) is 10.6 Å². The highest BCUT2D eigenvalue weighted by Gasteiger charge is 2.17. The second kappa shape index (κ2) is 7.06. The fraction of sp³-hybridized carbons (Fsp3) is 0.900. The predicted octanol–water partition coefficient (Wildman–Crippen LogP) is 1.05. The van der Waals surface area contributed by atoms with E-state index in [2.05, 4.69) is 15.6 Å². The lowest BCUT2D eigenvalue weighted by molar-refractivity contribution is 0.0604. The maximum Gasteiger partial charge on any atom is 0.191 e. The number of rotatable bonds is 3. The molecular formula is C10H22BrN3O. The van der Waals surface area contributed by atoms with E-state index in [-0.39, 0.29) is 17.0 Å². The second-order valence-corrected chi connectivity index (χ2v) is 4.07. The zero-order chi connectivity index (χ0) is 10.4. The maximum atomic E-state index is 9.78. The first-order chi connectivity index (χ1) is 6.64. The van der Waals surface area contributed by atoms with Gasteiger partial charge < -0.3 is 15.7 Å². The molecule has 0 bridgehead atoms. The zero-order valence-electron chi connectivity index (χ0n) is 9.55. The lowest BCUT2D eigenvalue weighted by Crippen LogP contribution is -2.45. The molecule has 1 unspecified atom stereocenters. The molecule has 1 rings (SSSR count). The van der Waals surface area contributed by atoms with Gasteiger partial charge in [0.2, 0.25) is 0 Å². The van der Waals surface area contributed by atoms with Crippen LogP contribution in [0.4, 0.5) is 0 Å². The molecule has 0 aromatic carbocycles. The van der Waals surface area contributed by atoms with Gasteiger partial charge in [-0.1, -0.05) is 6.92 Å². The van der Waals surface area contributed by atoms with Crippen molar-refractivity contribution in [3.63, 3.8) is 0 Å². The Morgan fingerprint density at radius 3 is 2.93 bits per heavy atom. The van der Waals surface area contributed by atoms with Gasteiger partial charge in [-0.15, -0.1) is 17.0 Å². The summed E-state index contributed by atoms with van der Waals surface area (Å²) < 4.78 is 0. The van der Waals surface area contributed by atoms with Gasteiger partial charge >= 0.3 is 0 Å². The van der Waals surface area contributed by atoms with Crippen molar-refractivity contribution in [2.75, 3.05) is 19.6 Å². The summed E-state index contributed by atoms with van der Waals surface area (Å²) in [6, 6.07) is 0. The number of nitrogens with zero attached hydrogens (tertiary/aromatic N) is 1. The van der Waals surface area contributed by atoms with Crippen LogP contribution in [-0.2, 0) is 0 Å². The molecule has 0 aromatic rings. The van der Waals surface area contributed by atoms with E-state index in [4.69, 9.17) is 0 Å². The van der Waals surface area contributed by atoms with E-state index < -0.39 is 5.60 Å². The Bertz CT molecular complexity index is 207. The van der Waals surface area contributed by atoms with Crippen LogP contribution in [0.25, 0.3) is 0 Å². The van der Waals surface area contributed by atoms with Crippen LogP contribution in [-0.4, -0.2) is 36.3 Å². The van der Waals surface area contributed by atoms with E-state index in [0.29, 0.717) is 6.54 Å². The van der Waals surface area contributed by atoms with Gasteiger partial charge in [-0.2, -0.15) is 0 Å². The summed E-state index contributed by atoms with van der Waals surface area (Å²) in [6.45, 7) is 6.21. The summed E-state index contributed by atoms with van der Waals surface area (Å²) in [5.74, 6) is 0.830. The lowest BCUT2D eigenvalue weighted by atomic mass is 10.0. The molecule has 0 fully saturated rings. The van der Waals surface area contributed by atoms with Crippen LogP contribution in [0.2, 0.25) is 0 Å². The molecule has 15 heavy (non-hydrogen) atoms. The summed E-state index contributed by atoms with van der Waals surface area (Å²) in [7, 11) is 0. The van der Waals surface area contributed by atoms with E-state index in [1.807, 2.05) is 13.8 Å². The Kier molecular flexibility index (Phi) is 6.92. The molecule has 4 nitrogen and oxygen atoms in total. The first-order valence-corrected chi connectivity index (χ1v) is 5.38. The Labute approximate surface area is 102 Å². The van der Waals surface area contributed by atoms with Crippen LogP contribution in [0.15, 0.2) is 4.99 Å². The fourth-order valence-electron chi connectivity index (χ4n) is 1.21. The van der Waals surface area contributed by atoms with Crippen molar-refractivity contribution in [2.45, 2.75) is 38.7 Å². The van der Waals surface area contributed by atoms with Crippen molar-refractivity contribution in [2.24, 2.45) is 4.99 Å². The average molecular weight is 280 g/mol. The minimum Gasteiger partial charge on any atom is -0.388 e. The Balaban J connectivity index is 0.00000196. The summed E-state index contributed by atoms with van der Waals surface area (Å²) >= 11 is 0. The molecule has 0 amide bonds. The van der Waals surface area contributed by atoms with Gasteiger partial charge in [0.25, 0.3) is 0 Å². The highest BCUT2D eigenvalue weighted by Crippen LogP contribution is 2.05. The maximum absolute atomic E-state index is 9.78. The van der Waals surface area contributed by atoms with Crippen LogP contribution >= 0.6 is 17.0 Å². The highest BCUT2D eigenvalue weighted by molar-refractivity contribution is 8.93. The second-order valence-electron chi connectivity index (χ2n) is 4.07. The van der Waals surface area contributed by atoms with E-state index in [9.17, 15) is 5.11 Å². The van der Waals surface area contributed by atoms with Gasteiger partial charge in [-0.25, -0.2) is 0 Å². The third-order valence-corrected chi connectivity index (χ3v) is 2.55. The topological polar surface area (TPSA) is 56.6 Å². The first kappa shape index (κ1) is 14.7. The van der Waals surface area contributed by atoms with E-state index >= 15 is 0 Å². The molecule has 0 spiro atoms. The summed E-state index contributed by atoms with van der Waals surface area (Å²) in [4.78, 5) is 4.34. The molecule has 90 valence electrons. The lowest BCUT2D eigenvalue weighted by Gasteiger charge is -2.22. The molecule has 1 aliphatic heterocycles. The molecule has 0 saturated carbocycles. The fourth-order valence-corrected chi connectivity index (χ4v) is 1.21. The van der Waals surface area contributed by atoms with Crippen molar-refractivity contribution in [1.29, 1.82) is 0 Å². The Hall–Kier alpha value is -0.290. The predicted molar refractivity (Wildman–Crippen MR) is 68.8 cm³/mol. The molecule has 1 atom stereocenters. The number of nitrogens with one attached hydrogen (secondary N) is 2. The molecule has 5 heteroatoms. The van der Waals surface area contributed by atoms with Crippen molar-refractivity contribution in [3.8, 4) is 0 Å². The molecular weight excluding hydrogens is 258 g/mol. The van der Waals surface area contributed by atoms with Gasteiger partial charge in [-0.3, -0.25) is 4.99 Å². The van der Waals surface area contributed by atoms with E-state index in [0.717, 1.165) is 31.9 Å². The normalized spacial score (nSPS) is 20.1.